The van der Waals surface area contributed by atoms with Crippen LogP contribution < -0.4 is 4.74 Å². The molecular formula is C33H36O16. The number of ketones is 2. The lowest BCUT2D eigenvalue weighted by Gasteiger charge is -2.50. The first kappa shape index (κ1) is 38.1. The monoisotopic (exact) mass is 688 g/mol. The number of carbonyl (C=O) groups is 7. The number of aliphatic hydroxyl groups is 1. The Hall–Kier alpha value is -5.35. The lowest BCUT2D eigenvalue weighted by Crippen LogP contribution is -2.69. The molecule has 0 radical (unpaired) electrons. The predicted molar refractivity (Wildman–Crippen MR) is 163 cm³/mol. The number of esters is 5. The highest BCUT2D eigenvalue weighted by Gasteiger charge is 2.63. The van der Waals surface area contributed by atoms with E-state index in [2.05, 4.69) is 0 Å². The zero-order chi connectivity index (χ0) is 36.6. The molecule has 49 heavy (non-hydrogen) atoms. The molecule has 1 aliphatic heterocycles. The summed E-state index contributed by atoms with van der Waals surface area (Å²) < 4.78 is 43.4. The highest BCUT2D eigenvalue weighted by molar-refractivity contribution is 6.29. The van der Waals surface area contributed by atoms with Crippen molar-refractivity contribution in [1.29, 1.82) is 0 Å². The topological polar surface area (TPSA) is 214 Å². The molecule has 1 N–H and O–H groups in total. The molecule has 0 bridgehead atoms. The Kier molecular flexibility index (Phi) is 12.6. The van der Waals surface area contributed by atoms with Gasteiger partial charge in [-0.15, -0.1) is 0 Å². The number of allylic oxidation sites excluding steroid dienone is 3. The normalized spacial score (nSPS) is 25.1. The Labute approximate surface area is 280 Å². The van der Waals surface area contributed by atoms with Crippen LogP contribution in [0, 0.1) is 0 Å². The van der Waals surface area contributed by atoms with E-state index in [0.717, 1.165) is 54.1 Å². The summed E-state index contributed by atoms with van der Waals surface area (Å²) in [5.41, 5.74) is -2.97. The van der Waals surface area contributed by atoms with E-state index in [1.807, 2.05) is 0 Å². The van der Waals surface area contributed by atoms with Crippen molar-refractivity contribution in [1.82, 2.24) is 0 Å². The SMILES string of the molecule is COC1=CC(=O)C(C(=O)/C=C/c2ccc(OC(C)=O)cc2)=C(OC)[C@@]1(O)[C@@H]1OC(COC(C)=O)[C@@H](OC(C)=O)C(OC(C)=O)C1OC(C)=O. The maximum Gasteiger partial charge on any atom is 0.308 e. The molecule has 1 aliphatic carbocycles. The molecule has 1 fully saturated rings. The highest BCUT2D eigenvalue weighted by atomic mass is 16.7. The van der Waals surface area contributed by atoms with Gasteiger partial charge in [0.15, 0.2) is 35.6 Å². The lowest BCUT2D eigenvalue weighted by molar-refractivity contribution is -0.278. The highest BCUT2D eigenvalue weighted by Crippen LogP contribution is 2.44. The van der Waals surface area contributed by atoms with Crippen LogP contribution >= 0.6 is 0 Å². The number of hydrogen-bond acceptors (Lipinski definition) is 16. The molecule has 1 saturated heterocycles. The van der Waals surface area contributed by atoms with E-state index in [9.17, 15) is 38.7 Å². The molecule has 264 valence electrons. The Morgan fingerprint density at radius 2 is 1.37 bits per heavy atom. The van der Waals surface area contributed by atoms with Crippen LogP contribution in [0.25, 0.3) is 6.08 Å². The van der Waals surface area contributed by atoms with Crippen molar-refractivity contribution >= 4 is 47.5 Å². The zero-order valence-electron chi connectivity index (χ0n) is 27.7. The maximum absolute atomic E-state index is 13.6. The molecule has 3 rings (SSSR count). The fourth-order valence-corrected chi connectivity index (χ4v) is 5.32. The van der Waals surface area contributed by atoms with E-state index in [0.29, 0.717) is 5.56 Å². The van der Waals surface area contributed by atoms with Crippen molar-refractivity contribution in [3.8, 4) is 5.75 Å². The molecule has 3 unspecified atom stereocenters. The molecule has 16 heteroatoms. The van der Waals surface area contributed by atoms with Gasteiger partial charge in [0.05, 0.1) is 14.2 Å². The molecule has 0 amide bonds. The molecule has 6 atom stereocenters. The summed E-state index contributed by atoms with van der Waals surface area (Å²) >= 11 is 0. The van der Waals surface area contributed by atoms with Gasteiger partial charge in [0.25, 0.3) is 0 Å². The summed E-state index contributed by atoms with van der Waals surface area (Å²) in [6, 6.07) is 6.03. The Bertz CT molecular complexity index is 1590. The van der Waals surface area contributed by atoms with Crippen LogP contribution in [0.2, 0.25) is 0 Å². The van der Waals surface area contributed by atoms with Gasteiger partial charge < -0.3 is 43.0 Å². The molecule has 0 aromatic heterocycles. The number of rotatable bonds is 12. The average molecular weight is 689 g/mol. The van der Waals surface area contributed by atoms with Gasteiger partial charge in [-0.25, -0.2) is 0 Å². The number of methoxy groups -OCH3 is 2. The summed E-state index contributed by atoms with van der Waals surface area (Å²) in [5.74, 6) is -6.92. The van der Waals surface area contributed by atoms with Crippen molar-refractivity contribution in [2.24, 2.45) is 0 Å². The van der Waals surface area contributed by atoms with E-state index in [4.69, 9.17) is 37.9 Å². The van der Waals surface area contributed by atoms with Crippen LogP contribution in [-0.2, 0) is 66.7 Å². The molecule has 0 spiro atoms. The van der Waals surface area contributed by atoms with Gasteiger partial charge in [-0.05, 0) is 23.8 Å². The molecule has 0 saturated carbocycles. The van der Waals surface area contributed by atoms with E-state index in [1.54, 1.807) is 0 Å². The number of benzene rings is 1. The van der Waals surface area contributed by atoms with Crippen LogP contribution in [0.15, 0.2) is 53.5 Å². The molecule has 1 heterocycles. The van der Waals surface area contributed by atoms with Gasteiger partial charge in [0.2, 0.25) is 5.60 Å². The largest absolute Gasteiger partial charge is 0.497 e. The fraction of sp³-hybridized carbons (Fsp3) is 0.424. The van der Waals surface area contributed by atoms with Gasteiger partial charge in [-0.2, -0.15) is 0 Å². The third kappa shape index (κ3) is 8.97. The van der Waals surface area contributed by atoms with Crippen LogP contribution in [-0.4, -0.2) is 103 Å². The van der Waals surface area contributed by atoms with E-state index in [-0.39, 0.29) is 5.75 Å². The van der Waals surface area contributed by atoms with Crippen LogP contribution in [0.1, 0.15) is 40.2 Å². The second-order valence-corrected chi connectivity index (χ2v) is 10.7. The molecule has 2 aliphatic rings. The Balaban J connectivity index is 2.22. The van der Waals surface area contributed by atoms with Crippen molar-refractivity contribution < 1.29 is 76.6 Å². The van der Waals surface area contributed by atoms with Gasteiger partial charge >= 0.3 is 29.8 Å². The predicted octanol–water partition coefficient (Wildman–Crippen LogP) is 1.06. The quantitative estimate of drug-likeness (QED) is 0.107. The van der Waals surface area contributed by atoms with Crippen molar-refractivity contribution in [3.05, 3.63) is 59.1 Å². The summed E-state index contributed by atoms with van der Waals surface area (Å²) in [6.45, 7) is 4.76. The Morgan fingerprint density at radius 1 is 0.796 bits per heavy atom. The third-order valence-corrected chi connectivity index (χ3v) is 7.10. The standard InChI is InChI=1S/C33H36O16/c1-16(34)44-15-25-28(46-18(3)36)29(47-19(4)37)30(48-20(5)38)32(49-25)33(41)26(42-6)14-24(40)27(31(33)43-7)23(39)13-10-21-8-11-22(12-9-21)45-17(2)35/h8-14,25,28-30,32,41H,15H2,1-7H3/b13-10+/t25?,28-,29?,30?,32-,33-/m1/s1. The van der Waals surface area contributed by atoms with E-state index in [1.165, 1.54) is 37.3 Å². The lowest BCUT2D eigenvalue weighted by atomic mass is 9.76. The minimum atomic E-state index is -2.77. The molecule has 16 nitrogen and oxygen atoms in total. The first-order valence-electron chi connectivity index (χ1n) is 14.7. The fourth-order valence-electron chi connectivity index (χ4n) is 5.32. The number of ether oxygens (including phenoxy) is 8. The first-order chi connectivity index (χ1) is 23.0. The Morgan fingerprint density at radius 3 is 1.88 bits per heavy atom. The van der Waals surface area contributed by atoms with Crippen LogP contribution in [0.4, 0.5) is 0 Å². The van der Waals surface area contributed by atoms with Gasteiger partial charge in [-0.3, -0.25) is 33.6 Å². The third-order valence-electron chi connectivity index (χ3n) is 7.10. The summed E-state index contributed by atoms with van der Waals surface area (Å²) in [5, 5.41) is 12.5. The van der Waals surface area contributed by atoms with Crippen LogP contribution in [0.5, 0.6) is 5.75 Å². The van der Waals surface area contributed by atoms with Crippen molar-refractivity contribution in [3.63, 3.8) is 0 Å². The second kappa shape index (κ2) is 16.2. The molecule has 1 aromatic rings. The molecule has 1 aromatic carbocycles. The average Bonchev–Trinajstić information content (AvgIpc) is 3.01. The number of hydrogen-bond donors (Lipinski definition) is 1. The summed E-state index contributed by atoms with van der Waals surface area (Å²) in [6.07, 6.45) is -5.32. The maximum atomic E-state index is 13.6. The smallest absolute Gasteiger partial charge is 0.308 e. The first-order valence-corrected chi connectivity index (χ1v) is 14.7. The summed E-state index contributed by atoms with van der Waals surface area (Å²) in [7, 11) is 2.14. The van der Waals surface area contributed by atoms with Crippen molar-refractivity contribution in [2.75, 3.05) is 20.8 Å². The minimum absolute atomic E-state index is 0.259. The van der Waals surface area contributed by atoms with E-state index >= 15 is 0 Å². The van der Waals surface area contributed by atoms with Crippen molar-refractivity contribution in [2.45, 2.75) is 70.7 Å². The van der Waals surface area contributed by atoms with Crippen LogP contribution in [0.3, 0.4) is 0 Å². The van der Waals surface area contributed by atoms with E-state index < -0.39 is 101 Å². The zero-order valence-corrected chi connectivity index (χ0v) is 27.7. The van der Waals surface area contributed by atoms with Gasteiger partial charge in [0, 0.05) is 40.7 Å². The second-order valence-electron chi connectivity index (χ2n) is 10.7. The molecular weight excluding hydrogens is 652 g/mol. The minimum Gasteiger partial charge on any atom is -0.497 e. The van der Waals surface area contributed by atoms with Gasteiger partial charge in [-0.1, -0.05) is 18.2 Å². The van der Waals surface area contributed by atoms with Gasteiger partial charge in [0.1, 0.15) is 35.9 Å². The number of carbonyl (C=O) groups excluding carboxylic acids is 7. The summed E-state index contributed by atoms with van der Waals surface area (Å²) in [4.78, 5) is 86.8.